The number of esters is 1. The van der Waals surface area contributed by atoms with E-state index in [1.54, 1.807) is 0 Å². The van der Waals surface area contributed by atoms with Gasteiger partial charge in [0.15, 0.2) is 18.4 Å². The van der Waals surface area contributed by atoms with Gasteiger partial charge in [0.05, 0.1) is 6.10 Å². The zero-order valence-corrected chi connectivity index (χ0v) is 17.7. The fourth-order valence-electron chi connectivity index (χ4n) is 4.83. The molecule has 1 aromatic rings. The van der Waals surface area contributed by atoms with Crippen molar-refractivity contribution in [2.75, 3.05) is 6.61 Å². The topological polar surface area (TPSA) is 140 Å². The van der Waals surface area contributed by atoms with Gasteiger partial charge in [0.1, 0.15) is 12.2 Å². The molecule has 0 aromatic carbocycles. The van der Waals surface area contributed by atoms with Crippen molar-refractivity contribution in [2.45, 2.75) is 93.8 Å². The minimum Gasteiger partial charge on any atom is -0.457 e. The molecule has 32 heavy (non-hydrogen) atoms. The molecular weight excluding hydrogens is 427 g/mol. The van der Waals surface area contributed by atoms with Crippen LogP contribution in [0.3, 0.4) is 0 Å². The number of alkyl halides is 1. The van der Waals surface area contributed by atoms with Crippen molar-refractivity contribution in [2.24, 2.45) is 0 Å². The monoisotopic (exact) mass is 456 g/mol. The average Bonchev–Trinajstić information content (AvgIpc) is 3.35. The molecule has 0 bridgehead atoms. The summed E-state index contributed by atoms with van der Waals surface area (Å²) >= 11 is 0. The third-order valence-electron chi connectivity index (χ3n) is 6.63. The van der Waals surface area contributed by atoms with E-state index in [1.165, 1.54) is 0 Å². The maximum atomic E-state index is 15.4. The minimum atomic E-state index is -2.95. The van der Waals surface area contributed by atoms with Crippen LogP contribution < -0.4 is 11.2 Å². The lowest BCUT2D eigenvalue weighted by Gasteiger charge is -2.37. The number of ether oxygens (including phenoxy) is 3. The van der Waals surface area contributed by atoms with E-state index in [-0.39, 0.29) is 6.10 Å². The quantitative estimate of drug-likeness (QED) is 0.531. The molecule has 4 atom stereocenters. The summed E-state index contributed by atoms with van der Waals surface area (Å²) in [7, 11) is 0. The van der Waals surface area contributed by atoms with Crippen LogP contribution in [0, 0.1) is 0 Å². The first-order valence-corrected chi connectivity index (χ1v) is 11.1. The summed E-state index contributed by atoms with van der Waals surface area (Å²) in [6.07, 6.45) is 2.75. The van der Waals surface area contributed by atoms with E-state index in [0.717, 1.165) is 61.8 Å². The van der Waals surface area contributed by atoms with Gasteiger partial charge >= 0.3 is 11.7 Å². The van der Waals surface area contributed by atoms with E-state index in [0.29, 0.717) is 12.8 Å². The molecule has 1 aromatic heterocycles. The van der Waals surface area contributed by atoms with Gasteiger partial charge in [0, 0.05) is 12.3 Å². The molecule has 3 fully saturated rings. The van der Waals surface area contributed by atoms with Crippen LogP contribution in [0.4, 0.5) is 4.39 Å². The first-order chi connectivity index (χ1) is 15.2. The number of carbonyl (C=O) groups excluding carboxylic acids is 1. The van der Waals surface area contributed by atoms with Crippen molar-refractivity contribution in [3.63, 3.8) is 0 Å². The molecular formula is C21H29FN2O8. The Bertz CT molecular complexity index is 936. The highest BCUT2D eigenvalue weighted by Gasteiger charge is 2.58. The van der Waals surface area contributed by atoms with Crippen LogP contribution >= 0.6 is 0 Å². The number of halogens is 1. The highest BCUT2D eigenvalue weighted by Crippen LogP contribution is 2.40. The zero-order valence-electron chi connectivity index (χ0n) is 17.7. The molecule has 3 aliphatic rings. The van der Waals surface area contributed by atoms with Gasteiger partial charge in [-0.3, -0.25) is 14.3 Å². The van der Waals surface area contributed by atoms with Gasteiger partial charge in [0.2, 0.25) is 0 Å². The first kappa shape index (κ1) is 23.1. The first-order valence-electron chi connectivity index (χ1n) is 11.1. The van der Waals surface area contributed by atoms with E-state index < -0.39 is 53.7 Å². The molecule has 10 nitrogen and oxygen atoms in total. The lowest BCUT2D eigenvalue weighted by molar-refractivity contribution is -0.228. The van der Waals surface area contributed by atoms with Gasteiger partial charge < -0.3 is 24.4 Å². The summed E-state index contributed by atoms with van der Waals surface area (Å²) in [5.41, 5.74) is -2.78. The number of carbonyl (C=O) groups is 1. The highest BCUT2D eigenvalue weighted by molar-refractivity contribution is 5.79. The summed E-state index contributed by atoms with van der Waals surface area (Å²) in [5.74, 6) is -3.66. The molecule has 1 aliphatic heterocycles. The molecule has 0 spiro atoms. The van der Waals surface area contributed by atoms with Crippen molar-refractivity contribution in [3.8, 4) is 0 Å². The number of aromatic nitrogens is 2. The maximum absolute atomic E-state index is 15.4. The van der Waals surface area contributed by atoms with Crippen LogP contribution in [0.5, 0.6) is 0 Å². The lowest BCUT2D eigenvalue weighted by Crippen LogP contribution is -2.50. The standard InChI is InChI=1S/C21H29FN2O8/c22-21(16(27)15(26)17(32-21)24-11-8-14(25)23-19(24)29)12-30-18(28)20(9-4-1-5-10-20)31-13-6-2-3-7-13/h8,11,13,15-17,26-27H,1-7,9-10,12H2,(H,23,25,29)/t15-,16+,17-,21-/m1/s1. The van der Waals surface area contributed by atoms with E-state index in [9.17, 15) is 24.6 Å². The van der Waals surface area contributed by atoms with Crippen LogP contribution in [0.15, 0.2) is 21.9 Å². The Kier molecular flexibility index (Phi) is 6.53. The molecule has 4 rings (SSSR count). The number of hydrogen-bond acceptors (Lipinski definition) is 8. The van der Waals surface area contributed by atoms with Gasteiger partial charge in [-0.05, 0) is 38.5 Å². The average molecular weight is 456 g/mol. The second kappa shape index (κ2) is 9.05. The number of aliphatic hydroxyl groups excluding tert-OH is 2. The Labute approximate surface area is 183 Å². The molecule has 2 heterocycles. The van der Waals surface area contributed by atoms with Gasteiger partial charge in [-0.15, -0.1) is 0 Å². The SMILES string of the molecule is O=C(OC[C@@]1(F)O[C@@H](n2ccc(=O)[nH]c2=O)[C@H](O)[C@@H]1O)C1(OC2CCCC2)CCCCC1. The normalized spacial score (nSPS) is 32.8. The van der Waals surface area contributed by atoms with Crippen molar-refractivity contribution >= 4 is 5.97 Å². The van der Waals surface area contributed by atoms with Crippen molar-refractivity contribution in [1.82, 2.24) is 9.55 Å². The molecule has 178 valence electrons. The summed E-state index contributed by atoms with van der Waals surface area (Å²) in [6, 6.07) is 0.995. The van der Waals surface area contributed by atoms with Gasteiger partial charge in [-0.1, -0.05) is 19.3 Å². The number of H-pyrrole nitrogens is 1. The predicted molar refractivity (Wildman–Crippen MR) is 107 cm³/mol. The fourth-order valence-corrected chi connectivity index (χ4v) is 4.83. The van der Waals surface area contributed by atoms with Crippen molar-refractivity contribution in [3.05, 3.63) is 33.1 Å². The summed E-state index contributed by atoms with van der Waals surface area (Å²) in [5, 5.41) is 20.5. The van der Waals surface area contributed by atoms with Crippen LogP contribution in [0.25, 0.3) is 0 Å². The Morgan fingerprint density at radius 2 is 1.88 bits per heavy atom. The molecule has 0 unspecified atom stereocenters. The smallest absolute Gasteiger partial charge is 0.338 e. The number of nitrogens with one attached hydrogen (secondary N) is 1. The fraction of sp³-hybridized carbons (Fsp3) is 0.762. The largest absolute Gasteiger partial charge is 0.457 e. The number of hydrogen-bond donors (Lipinski definition) is 3. The van der Waals surface area contributed by atoms with E-state index in [2.05, 4.69) is 0 Å². The van der Waals surface area contributed by atoms with Crippen LogP contribution in [0.1, 0.15) is 64.0 Å². The number of aliphatic hydroxyl groups is 2. The molecule has 1 saturated heterocycles. The Morgan fingerprint density at radius 1 is 1.19 bits per heavy atom. The van der Waals surface area contributed by atoms with Crippen LogP contribution in [-0.4, -0.2) is 62.1 Å². The molecule has 11 heteroatoms. The van der Waals surface area contributed by atoms with Crippen LogP contribution in [0.2, 0.25) is 0 Å². The molecule has 3 N–H and O–H groups in total. The van der Waals surface area contributed by atoms with Crippen molar-refractivity contribution < 1.29 is 33.6 Å². The van der Waals surface area contributed by atoms with E-state index in [1.807, 2.05) is 4.98 Å². The molecule has 0 amide bonds. The highest BCUT2D eigenvalue weighted by atomic mass is 19.2. The second-order valence-corrected chi connectivity index (χ2v) is 8.90. The Morgan fingerprint density at radius 3 is 2.53 bits per heavy atom. The van der Waals surface area contributed by atoms with E-state index >= 15 is 4.39 Å². The summed E-state index contributed by atoms with van der Waals surface area (Å²) < 4.78 is 32.8. The second-order valence-electron chi connectivity index (χ2n) is 8.90. The Balaban J connectivity index is 1.47. The number of aromatic amines is 1. The maximum Gasteiger partial charge on any atom is 0.338 e. The lowest BCUT2D eigenvalue weighted by atomic mass is 9.84. The molecule has 2 aliphatic carbocycles. The van der Waals surface area contributed by atoms with Gasteiger partial charge in [0.25, 0.3) is 11.4 Å². The third-order valence-corrected chi connectivity index (χ3v) is 6.63. The van der Waals surface area contributed by atoms with E-state index in [4.69, 9.17) is 14.2 Å². The zero-order chi connectivity index (χ0) is 22.9. The predicted octanol–water partition coefficient (Wildman–Crippen LogP) is 0.658. The third kappa shape index (κ3) is 4.39. The van der Waals surface area contributed by atoms with Crippen LogP contribution in [-0.2, 0) is 19.0 Å². The number of rotatable bonds is 6. The van der Waals surface area contributed by atoms with Gasteiger partial charge in [-0.2, -0.15) is 0 Å². The molecule has 2 saturated carbocycles. The van der Waals surface area contributed by atoms with Crippen molar-refractivity contribution in [1.29, 1.82) is 0 Å². The minimum absolute atomic E-state index is 0.0355. The number of nitrogens with zero attached hydrogens (tertiary/aromatic N) is 1. The molecule has 0 radical (unpaired) electrons. The Hall–Kier alpha value is -2.08. The summed E-state index contributed by atoms with van der Waals surface area (Å²) in [6.45, 7) is -0.978. The summed E-state index contributed by atoms with van der Waals surface area (Å²) in [4.78, 5) is 38.2. The van der Waals surface area contributed by atoms with Gasteiger partial charge in [-0.25, -0.2) is 14.0 Å².